The molecule has 188 valence electrons. The highest BCUT2D eigenvalue weighted by Crippen LogP contribution is 2.38. The van der Waals surface area contributed by atoms with Crippen molar-refractivity contribution in [3.05, 3.63) is 58.0 Å². The van der Waals surface area contributed by atoms with Gasteiger partial charge >= 0.3 is 5.69 Å². The van der Waals surface area contributed by atoms with E-state index in [1.165, 1.54) is 18.5 Å². The number of imide groups is 1. The highest BCUT2D eigenvalue weighted by atomic mass is 35.5. The molecule has 2 amide bonds. The fourth-order valence-corrected chi connectivity index (χ4v) is 6.32. The van der Waals surface area contributed by atoms with Crippen LogP contribution in [0.25, 0.3) is 11.0 Å². The molecule has 0 spiro atoms. The first-order valence-corrected chi connectivity index (χ1v) is 13.1. The van der Waals surface area contributed by atoms with Crippen LogP contribution in [0, 0.1) is 11.8 Å². The summed E-state index contributed by atoms with van der Waals surface area (Å²) in [5.74, 6) is 0.652. The van der Waals surface area contributed by atoms with E-state index in [2.05, 4.69) is 33.3 Å². The summed E-state index contributed by atoms with van der Waals surface area (Å²) in [6.07, 6.45) is 2.93. The third-order valence-electron chi connectivity index (χ3n) is 8.25. The Kier molecular flexibility index (Phi) is 5.79. The average molecular weight is 508 g/mol. The van der Waals surface area contributed by atoms with E-state index in [-0.39, 0.29) is 18.0 Å². The van der Waals surface area contributed by atoms with Gasteiger partial charge in [-0.15, -0.1) is 0 Å². The molecule has 0 bridgehead atoms. The van der Waals surface area contributed by atoms with Gasteiger partial charge in [-0.05, 0) is 67.5 Å². The van der Waals surface area contributed by atoms with Gasteiger partial charge in [0, 0.05) is 50.4 Å². The lowest BCUT2D eigenvalue weighted by atomic mass is 9.79. The molecule has 2 aromatic carbocycles. The molecular weight excluding hydrogens is 478 g/mol. The Balaban J connectivity index is 1.17. The lowest BCUT2D eigenvalue weighted by molar-refractivity contribution is -0.135. The van der Waals surface area contributed by atoms with Gasteiger partial charge in [-0.1, -0.05) is 17.7 Å². The first-order valence-electron chi connectivity index (χ1n) is 12.7. The molecule has 36 heavy (non-hydrogen) atoms. The summed E-state index contributed by atoms with van der Waals surface area (Å²) in [5, 5.41) is 3.15. The van der Waals surface area contributed by atoms with Crippen molar-refractivity contribution >= 4 is 45.8 Å². The molecule has 0 radical (unpaired) electrons. The maximum Gasteiger partial charge on any atom is 0.329 e. The predicted molar refractivity (Wildman–Crippen MR) is 141 cm³/mol. The number of anilines is 2. The number of rotatable bonds is 4. The van der Waals surface area contributed by atoms with Crippen LogP contribution in [0.4, 0.5) is 11.4 Å². The molecule has 0 saturated carbocycles. The molecule has 3 aromatic rings. The van der Waals surface area contributed by atoms with Crippen LogP contribution in [0.5, 0.6) is 0 Å². The summed E-state index contributed by atoms with van der Waals surface area (Å²) in [7, 11) is 1.76. The van der Waals surface area contributed by atoms with Crippen LogP contribution >= 0.6 is 11.6 Å². The van der Waals surface area contributed by atoms with Crippen LogP contribution in [-0.2, 0) is 16.6 Å². The summed E-state index contributed by atoms with van der Waals surface area (Å²) in [5.41, 5.74) is 3.64. The van der Waals surface area contributed by atoms with Crippen LogP contribution < -0.4 is 20.8 Å². The predicted octanol–water partition coefficient (Wildman–Crippen LogP) is 3.32. The summed E-state index contributed by atoms with van der Waals surface area (Å²) in [4.78, 5) is 42.1. The Bertz CT molecular complexity index is 1380. The van der Waals surface area contributed by atoms with E-state index >= 15 is 0 Å². The molecule has 1 N–H and O–H groups in total. The number of para-hydroxylation sites is 1. The number of hydrogen-bond acceptors (Lipinski definition) is 5. The van der Waals surface area contributed by atoms with Crippen LogP contribution in [0.15, 0.2) is 47.3 Å². The number of imidazole rings is 1. The number of benzene rings is 2. The Labute approximate surface area is 214 Å². The van der Waals surface area contributed by atoms with E-state index in [4.69, 9.17) is 11.6 Å². The molecule has 1 atom stereocenters. The Hall–Kier alpha value is -3.26. The van der Waals surface area contributed by atoms with Gasteiger partial charge in [-0.2, -0.15) is 0 Å². The maximum absolute atomic E-state index is 13.2. The standard InChI is InChI=1S/C27H30ClN5O3/c1-30-25-21(3-2-4-22(25)33(27(30)36)23-9-10-24(34)29-26(23)35)32-15-18(16-32)17-11-13-31(14-12-17)20-7-5-19(28)6-8-20/h2-8,17-18,23H,9-16H2,1H3,(H,29,34,35). The van der Waals surface area contributed by atoms with Crippen LogP contribution in [-0.4, -0.2) is 47.1 Å². The first kappa shape index (κ1) is 23.2. The minimum Gasteiger partial charge on any atom is -0.372 e. The van der Waals surface area contributed by atoms with Crippen molar-refractivity contribution in [2.24, 2.45) is 18.9 Å². The number of aromatic nitrogens is 2. The third kappa shape index (κ3) is 3.88. The number of carbonyl (C=O) groups is 2. The second-order valence-corrected chi connectivity index (χ2v) is 10.7. The number of hydrogen-bond donors (Lipinski definition) is 1. The zero-order valence-corrected chi connectivity index (χ0v) is 21.1. The van der Waals surface area contributed by atoms with Crippen molar-refractivity contribution in [2.75, 3.05) is 36.0 Å². The van der Waals surface area contributed by atoms with E-state index in [1.807, 2.05) is 24.3 Å². The van der Waals surface area contributed by atoms with Gasteiger partial charge in [-0.3, -0.25) is 24.0 Å². The molecule has 6 rings (SSSR count). The Morgan fingerprint density at radius 2 is 1.61 bits per heavy atom. The number of halogens is 1. The fraction of sp³-hybridized carbons (Fsp3) is 0.444. The number of nitrogens with one attached hydrogen (secondary N) is 1. The normalized spacial score (nSPS) is 21.7. The quantitative estimate of drug-likeness (QED) is 0.548. The maximum atomic E-state index is 13.2. The largest absolute Gasteiger partial charge is 0.372 e. The number of nitrogens with zero attached hydrogens (tertiary/aromatic N) is 4. The summed E-state index contributed by atoms with van der Waals surface area (Å²) < 4.78 is 3.21. The molecule has 3 fully saturated rings. The average Bonchev–Trinajstić information content (AvgIpc) is 3.10. The van der Waals surface area contributed by atoms with E-state index in [0.717, 1.165) is 47.9 Å². The van der Waals surface area contributed by atoms with Crippen LogP contribution in [0.3, 0.4) is 0 Å². The minimum absolute atomic E-state index is 0.224. The zero-order valence-electron chi connectivity index (χ0n) is 20.3. The number of fused-ring (bicyclic) bond motifs is 1. The van der Waals surface area contributed by atoms with Crippen LogP contribution in [0.1, 0.15) is 31.7 Å². The van der Waals surface area contributed by atoms with E-state index in [9.17, 15) is 14.4 Å². The van der Waals surface area contributed by atoms with Crippen molar-refractivity contribution < 1.29 is 9.59 Å². The summed E-state index contributed by atoms with van der Waals surface area (Å²) in [6, 6.07) is 13.4. The number of piperidine rings is 2. The van der Waals surface area contributed by atoms with Crippen molar-refractivity contribution in [1.29, 1.82) is 0 Å². The smallest absolute Gasteiger partial charge is 0.329 e. The lowest BCUT2D eigenvalue weighted by Gasteiger charge is -2.47. The van der Waals surface area contributed by atoms with Gasteiger partial charge in [0.15, 0.2) is 0 Å². The molecule has 0 aliphatic carbocycles. The van der Waals surface area contributed by atoms with Gasteiger partial charge < -0.3 is 9.80 Å². The summed E-state index contributed by atoms with van der Waals surface area (Å²) in [6.45, 7) is 4.06. The topological polar surface area (TPSA) is 79.6 Å². The van der Waals surface area contributed by atoms with Crippen molar-refractivity contribution in [3.63, 3.8) is 0 Å². The number of aryl methyl sites for hydroxylation is 1. The van der Waals surface area contributed by atoms with Gasteiger partial charge in [0.25, 0.3) is 0 Å². The Morgan fingerprint density at radius 1 is 0.889 bits per heavy atom. The summed E-state index contributed by atoms with van der Waals surface area (Å²) >= 11 is 6.04. The first-order chi connectivity index (χ1) is 17.4. The highest BCUT2D eigenvalue weighted by Gasteiger charge is 2.37. The van der Waals surface area contributed by atoms with Crippen molar-refractivity contribution in [1.82, 2.24) is 14.5 Å². The van der Waals surface area contributed by atoms with Gasteiger partial charge in [0.2, 0.25) is 11.8 Å². The fourth-order valence-electron chi connectivity index (χ4n) is 6.19. The molecule has 3 saturated heterocycles. The van der Waals surface area contributed by atoms with Crippen LogP contribution in [0.2, 0.25) is 5.02 Å². The zero-order chi connectivity index (χ0) is 25.0. The van der Waals surface area contributed by atoms with Crippen molar-refractivity contribution in [3.8, 4) is 0 Å². The van der Waals surface area contributed by atoms with Gasteiger partial charge in [0.1, 0.15) is 6.04 Å². The molecule has 3 aliphatic heterocycles. The molecule has 8 nitrogen and oxygen atoms in total. The molecule has 3 aliphatic rings. The second-order valence-electron chi connectivity index (χ2n) is 10.3. The Morgan fingerprint density at radius 3 is 2.31 bits per heavy atom. The molecule has 4 heterocycles. The number of amides is 2. The monoisotopic (exact) mass is 507 g/mol. The number of carbonyl (C=O) groups excluding carboxylic acids is 2. The van der Waals surface area contributed by atoms with Gasteiger partial charge in [-0.25, -0.2) is 4.79 Å². The third-order valence-corrected chi connectivity index (χ3v) is 8.50. The highest BCUT2D eigenvalue weighted by molar-refractivity contribution is 6.30. The molecular formula is C27H30ClN5O3. The van der Waals surface area contributed by atoms with E-state index in [1.54, 1.807) is 16.2 Å². The molecule has 1 aromatic heterocycles. The minimum atomic E-state index is -0.663. The van der Waals surface area contributed by atoms with E-state index in [0.29, 0.717) is 18.3 Å². The van der Waals surface area contributed by atoms with Crippen molar-refractivity contribution in [2.45, 2.75) is 31.7 Å². The molecule has 1 unspecified atom stereocenters. The van der Waals surface area contributed by atoms with E-state index < -0.39 is 11.9 Å². The lowest BCUT2D eigenvalue weighted by Crippen LogP contribution is -2.52. The second kappa shape index (κ2) is 9.00. The molecule has 9 heteroatoms. The van der Waals surface area contributed by atoms with Gasteiger partial charge in [0.05, 0.1) is 16.7 Å². The SMILES string of the molecule is Cn1c(=O)n(C2CCC(=O)NC2=O)c2cccc(N3CC(C4CCN(c5ccc(Cl)cc5)CC4)C3)c21.